The van der Waals surface area contributed by atoms with Crippen LogP contribution >= 0.6 is 0 Å². The molecule has 28 heavy (non-hydrogen) atoms. The number of carbonyl (C=O) groups is 1. The number of aryl methyl sites for hydroxylation is 1. The summed E-state index contributed by atoms with van der Waals surface area (Å²) in [5.74, 6) is -1.86. The first kappa shape index (κ1) is 22.0. The van der Waals surface area contributed by atoms with Crippen LogP contribution in [0.15, 0.2) is 41.3 Å². The lowest BCUT2D eigenvalue weighted by Gasteiger charge is -2.20. The normalized spacial score (nSPS) is 12.1. The zero-order valence-corrected chi connectivity index (χ0v) is 17.1. The molecule has 8 heteroatoms. The van der Waals surface area contributed by atoms with E-state index in [0.717, 1.165) is 12.1 Å². The van der Waals surface area contributed by atoms with Gasteiger partial charge in [0.15, 0.2) is 0 Å². The molecule has 0 atom stereocenters. The lowest BCUT2D eigenvalue weighted by Crippen LogP contribution is -2.40. The van der Waals surface area contributed by atoms with Crippen LogP contribution in [0.5, 0.6) is 0 Å². The predicted molar refractivity (Wildman–Crippen MR) is 104 cm³/mol. The van der Waals surface area contributed by atoms with Crippen molar-refractivity contribution in [1.82, 2.24) is 10.0 Å². The zero-order chi connectivity index (χ0) is 21.1. The van der Waals surface area contributed by atoms with Crippen molar-refractivity contribution in [2.75, 3.05) is 6.54 Å². The van der Waals surface area contributed by atoms with Gasteiger partial charge in [0.1, 0.15) is 11.6 Å². The van der Waals surface area contributed by atoms with E-state index in [1.807, 2.05) is 0 Å². The Morgan fingerprint density at radius 3 is 2.25 bits per heavy atom. The third kappa shape index (κ3) is 5.59. The highest BCUT2D eigenvalue weighted by Crippen LogP contribution is 2.18. The SMILES string of the molecule is Cc1ccc(S(=O)(=O)NC(C)(C)C)cc1C(=O)NCCc1c(F)cccc1F. The fraction of sp³-hybridized carbons (Fsp3) is 0.350. The molecule has 0 unspecified atom stereocenters. The first-order chi connectivity index (χ1) is 12.9. The number of amides is 1. The zero-order valence-electron chi connectivity index (χ0n) is 16.3. The van der Waals surface area contributed by atoms with Gasteiger partial charge in [0.2, 0.25) is 10.0 Å². The van der Waals surface area contributed by atoms with Crippen LogP contribution in [0.1, 0.15) is 42.3 Å². The van der Waals surface area contributed by atoms with E-state index in [1.165, 1.54) is 18.2 Å². The van der Waals surface area contributed by atoms with Gasteiger partial charge in [-0.15, -0.1) is 0 Å². The van der Waals surface area contributed by atoms with Crippen molar-refractivity contribution in [3.63, 3.8) is 0 Å². The summed E-state index contributed by atoms with van der Waals surface area (Å²) < 4.78 is 54.8. The second-order valence-electron chi connectivity index (χ2n) is 7.54. The van der Waals surface area contributed by atoms with Crippen molar-refractivity contribution >= 4 is 15.9 Å². The average molecular weight is 410 g/mol. The maximum absolute atomic E-state index is 13.7. The number of halogens is 2. The van der Waals surface area contributed by atoms with Crippen LogP contribution in [0, 0.1) is 18.6 Å². The van der Waals surface area contributed by atoms with E-state index in [2.05, 4.69) is 10.0 Å². The highest BCUT2D eigenvalue weighted by Gasteiger charge is 2.23. The molecule has 0 heterocycles. The Hall–Kier alpha value is -2.32. The molecule has 2 rings (SSSR count). The second-order valence-corrected chi connectivity index (χ2v) is 9.22. The molecule has 0 aromatic heterocycles. The Morgan fingerprint density at radius 1 is 1.07 bits per heavy atom. The van der Waals surface area contributed by atoms with Gasteiger partial charge >= 0.3 is 0 Å². The van der Waals surface area contributed by atoms with Gasteiger partial charge in [0.05, 0.1) is 4.90 Å². The van der Waals surface area contributed by atoms with E-state index in [-0.39, 0.29) is 29.0 Å². The van der Waals surface area contributed by atoms with Crippen LogP contribution in [0.25, 0.3) is 0 Å². The van der Waals surface area contributed by atoms with Gasteiger partial charge in [0.25, 0.3) is 5.91 Å². The van der Waals surface area contributed by atoms with E-state index in [1.54, 1.807) is 33.8 Å². The summed E-state index contributed by atoms with van der Waals surface area (Å²) in [5.41, 5.74) is -0.00372. The van der Waals surface area contributed by atoms with Crippen LogP contribution < -0.4 is 10.0 Å². The number of hydrogen-bond acceptors (Lipinski definition) is 3. The Bertz CT molecular complexity index is 963. The molecule has 0 spiro atoms. The van der Waals surface area contributed by atoms with Crippen LogP contribution in [0.4, 0.5) is 8.78 Å². The summed E-state index contributed by atoms with van der Waals surface area (Å²) in [6.45, 7) is 6.84. The first-order valence-corrected chi connectivity index (χ1v) is 10.2. The number of rotatable bonds is 6. The average Bonchev–Trinajstić information content (AvgIpc) is 2.55. The van der Waals surface area contributed by atoms with Crippen LogP contribution in [-0.4, -0.2) is 26.4 Å². The molecule has 2 aromatic carbocycles. The van der Waals surface area contributed by atoms with E-state index < -0.39 is 33.1 Å². The fourth-order valence-corrected chi connectivity index (χ4v) is 4.09. The molecular weight excluding hydrogens is 386 g/mol. The summed E-state index contributed by atoms with van der Waals surface area (Å²) >= 11 is 0. The summed E-state index contributed by atoms with van der Waals surface area (Å²) in [6.07, 6.45) is -0.0210. The number of hydrogen-bond donors (Lipinski definition) is 2. The monoisotopic (exact) mass is 410 g/mol. The third-order valence-electron chi connectivity index (χ3n) is 3.93. The first-order valence-electron chi connectivity index (χ1n) is 8.76. The van der Waals surface area contributed by atoms with Crippen molar-refractivity contribution in [3.8, 4) is 0 Å². The minimum atomic E-state index is -3.79. The van der Waals surface area contributed by atoms with Crippen molar-refractivity contribution in [2.45, 2.75) is 44.6 Å². The van der Waals surface area contributed by atoms with E-state index in [9.17, 15) is 22.0 Å². The minimum absolute atomic E-state index is 0.00729. The number of carbonyl (C=O) groups excluding carboxylic acids is 1. The number of benzene rings is 2. The van der Waals surface area contributed by atoms with Crippen molar-refractivity contribution in [3.05, 3.63) is 64.7 Å². The lowest BCUT2D eigenvalue weighted by molar-refractivity contribution is 0.0953. The Labute approximate surface area is 164 Å². The van der Waals surface area contributed by atoms with Gasteiger partial charge in [-0.3, -0.25) is 4.79 Å². The molecule has 0 aliphatic rings. The quantitative estimate of drug-likeness (QED) is 0.767. The lowest BCUT2D eigenvalue weighted by atomic mass is 10.1. The van der Waals surface area contributed by atoms with Gasteiger partial charge in [-0.1, -0.05) is 12.1 Å². The third-order valence-corrected chi connectivity index (χ3v) is 5.68. The summed E-state index contributed by atoms with van der Waals surface area (Å²) in [5, 5.41) is 2.58. The summed E-state index contributed by atoms with van der Waals surface area (Å²) in [7, 11) is -3.79. The molecule has 2 N–H and O–H groups in total. The molecule has 0 saturated heterocycles. The van der Waals surface area contributed by atoms with E-state index >= 15 is 0 Å². The van der Waals surface area contributed by atoms with Crippen LogP contribution in [-0.2, 0) is 16.4 Å². The maximum atomic E-state index is 13.7. The molecule has 2 aromatic rings. The van der Waals surface area contributed by atoms with Gasteiger partial charge in [0, 0.05) is 23.2 Å². The highest BCUT2D eigenvalue weighted by molar-refractivity contribution is 7.89. The molecule has 1 amide bonds. The maximum Gasteiger partial charge on any atom is 0.251 e. The molecule has 5 nitrogen and oxygen atoms in total. The molecule has 152 valence electrons. The highest BCUT2D eigenvalue weighted by atomic mass is 32.2. The molecule has 0 aliphatic heterocycles. The topological polar surface area (TPSA) is 75.3 Å². The van der Waals surface area contributed by atoms with E-state index in [0.29, 0.717) is 5.56 Å². The Morgan fingerprint density at radius 2 is 1.68 bits per heavy atom. The standard InChI is InChI=1S/C20H24F2N2O3S/c1-13-8-9-14(28(26,27)24-20(2,3)4)12-16(13)19(25)23-11-10-15-17(21)6-5-7-18(15)22/h5-9,12,24H,10-11H2,1-4H3,(H,23,25). The van der Waals surface area contributed by atoms with Gasteiger partial charge < -0.3 is 5.32 Å². The fourth-order valence-electron chi connectivity index (χ4n) is 2.64. The van der Waals surface area contributed by atoms with Crippen molar-refractivity contribution in [1.29, 1.82) is 0 Å². The Balaban J connectivity index is 2.15. The van der Waals surface area contributed by atoms with Crippen molar-refractivity contribution in [2.24, 2.45) is 0 Å². The van der Waals surface area contributed by atoms with Crippen LogP contribution in [0.3, 0.4) is 0 Å². The smallest absolute Gasteiger partial charge is 0.251 e. The van der Waals surface area contributed by atoms with Crippen LogP contribution in [0.2, 0.25) is 0 Å². The largest absolute Gasteiger partial charge is 0.352 e. The molecule has 0 aliphatic carbocycles. The molecule has 0 bridgehead atoms. The second kappa shape index (κ2) is 8.36. The summed E-state index contributed by atoms with van der Waals surface area (Å²) in [4.78, 5) is 12.4. The van der Waals surface area contributed by atoms with Gasteiger partial charge in [-0.2, -0.15) is 0 Å². The molecular formula is C20H24F2N2O3S. The molecule has 0 radical (unpaired) electrons. The van der Waals surface area contributed by atoms with Gasteiger partial charge in [-0.25, -0.2) is 21.9 Å². The number of sulfonamides is 1. The minimum Gasteiger partial charge on any atom is -0.352 e. The molecule has 0 saturated carbocycles. The summed E-state index contributed by atoms with van der Waals surface area (Å²) in [6, 6.07) is 7.84. The van der Waals surface area contributed by atoms with Gasteiger partial charge in [-0.05, 0) is 63.9 Å². The number of nitrogens with one attached hydrogen (secondary N) is 2. The van der Waals surface area contributed by atoms with Crippen molar-refractivity contribution < 1.29 is 22.0 Å². The Kier molecular flexibility index (Phi) is 6.56. The van der Waals surface area contributed by atoms with E-state index in [4.69, 9.17) is 0 Å². The predicted octanol–water partition coefficient (Wildman–Crippen LogP) is 3.32. The molecule has 0 fully saturated rings.